The molecule has 0 aliphatic rings. The smallest absolute Gasteiger partial charge is 0.338 e. The van der Waals surface area contributed by atoms with E-state index in [1.54, 1.807) is 13.8 Å². The van der Waals surface area contributed by atoms with Crippen LogP contribution in [-0.4, -0.2) is 56.9 Å². The summed E-state index contributed by atoms with van der Waals surface area (Å²) in [4.78, 5) is 35.4. The SMILES string of the molecule is CC(C)CCNC(=O)NC(=O)COC(=O)c1cccc(S(=O)(=O)N(C)C(C)C)c1. The molecule has 1 aromatic carbocycles. The van der Waals surface area contributed by atoms with Gasteiger partial charge in [0.25, 0.3) is 5.91 Å². The molecule has 0 atom stereocenters. The van der Waals surface area contributed by atoms with Crippen molar-refractivity contribution in [3.63, 3.8) is 0 Å². The van der Waals surface area contributed by atoms with E-state index in [0.717, 1.165) is 6.42 Å². The van der Waals surface area contributed by atoms with E-state index in [2.05, 4.69) is 10.6 Å². The number of urea groups is 1. The van der Waals surface area contributed by atoms with Crippen LogP contribution in [0.4, 0.5) is 4.79 Å². The highest BCUT2D eigenvalue weighted by Gasteiger charge is 2.24. The second-order valence-corrected chi connectivity index (χ2v) is 9.20. The Balaban J connectivity index is 2.65. The molecule has 0 bridgehead atoms. The molecule has 0 fully saturated rings. The van der Waals surface area contributed by atoms with Crippen LogP contribution in [0, 0.1) is 5.92 Å². The summed E-state index contributed by atoms with van der Waals surface area (Å²) in [6.07, 6.45) is 0.766. The van der Waals surface area contributed by atoms with Gasteiger partial charge in [0.1, 0.15) is 0 Å². The molecule has 0 radical (unpaired) electrons. The molecule has 0 saturated carbocycles. The molecule has 1 aromatic rings. The van der Waals surface area contributed by atoms with Crippen LogP contribution in [0.5, 0.6) is 0 Å². The molecule has 0 heterocycles. The maximum Gasteiger partial charge on any atom is 0.338 e. The van der Waals surface area contributed by atoms with Gasteiger partial charge >= 0.3 is 12.0 Å². The van der Waals surface area contributed by atoms with Gasteiger partial charge in [-0.05, 0) is 44.4 Å². The van der Waals surface area contributed by atoms with Crippen molar-refractivity contribution in [1.29, 1.82) is 0 Å². The van der Waals surface area contributed by atoms with Crippen molar-refractivity contribution in [1.82, 2.24) is 14.9 Å². The Hall–Kier alpha value is -2.46. The van der Waals surface area contributed by atoms with Crippen LogP contribution in [-0.2, 0) is 19.6 Å². The lowest BCUT2D eigenvalue weighted by Crippen LogP contribution is -2.42. The number of benzene rings is 1. The molecule has 0 aliphatic heterocycles. The van der Waals surface area contributed by atoms with Gasteiger partial charge in [0.2, 0.25) is 10.0 Å². The third kappa shape index (κ3) is 7.82. The molecular formula is C19H29N3O6S. The predicted molar refractivity (Wildman–Crippen MR) is 108 cm³/mol. The van der Waals surface area contributed by atoms with Crippen molar-refractivity contribution >= 4 is 27.9 Å². The molecule has 0 aliphatic carbocycles. The monoisotopic (exact) mass is 427 g/mol. The van der Waals surface area contributed by atoms with E-state index in [-0.39, 0.29) is 16.5 Å². The largest absolute Gasteiger partial charge is 0.452 e. The van der Waals surface area contributed by atoms with Crippen LogP contribution >= 0.6 is 0 Å². The second-order valence-electron chi connectivity index (χ2n) is 7.21. The number of sulfonamides is 1. The van der Waals surface area contributed by atoms with Crippen molar-refractivity contribution in [3.8, 4) is 0 Å². The van der Waals surface area contributed by atoms with E-state index in [1.807, 2.05) is 13.8 Å². The van der Waals surface area contributed by atoms with E-state index < -0.39 is 34.5 Å². The minimum absolute atomic E-state index is 0.0163. The van der Waals surface area contributed by atoms with E-state index in [9.17, 15) is 22.8 Å². The zero-order chi connectivity index (χ0) is 22.2. The highest BCUT2D eigenvalue weighted by atomic mass is 32.2. The van der Waals surface area contributed by atoms with E-state index in [1.165, 1.54) is 35.6 Å². The first-order valence-corrected chi connectivity index (χ1v) is 10.7. The normalized spacial score (nSPS) is 11.6. The molecule has 2 N–H and O–H groups in total. The van der Waals surface area contributed by atoms with Crippen molar-refractivity contribution in [3.05, 3.63) is 29.8 Å². The summed E-state index contributed by atoms with van der Waals surface area (Å²) in [5, 5.41) is 4.58. The Morgan fingerprint density at radius 2 is 1.79 bits per heavy atom. The third-order valence-electron chi connectivity index (χ3n) is 4.07. The van der Waals surface area contributed by atoms with Gasteiger partial charge in [0.15, 0.2) is 6.61 Å². The molecule has 9 nitrogen and oxygen atoms in total. The van der Waals surface area contributed by atoms with Crippen LogP contribution in [0.1, 0.15) is 44.5 Å². The van der Waals surface area contributed by atoms with Gasteiger partial charge in [0.05, 0.1) is 10.5 Å². The Kier molecular flexibility index (Phi) is 9.25. The first kappa shape index (κ1) is 24.6. The summed E-state index contributed by atoms with van der Waals surface area (Å²) in [5.74, 6) is -1.25. The van der Waals surface area contributed by atoms with Crippen LogP contribution in [0.2, 0.25) is 0 Å². The molecule has 29 heavy (non-hydrogen) atoms. The third-order valence-corrected chi connectivity index (χ3v) is 6.10. The van der Waals surface area contributed by atoms with Crippen molar-refractivity contribution in [2.75, 3.05) is 20.2 Å². The van der Waals surface area contributed by atoms with E-state index in [4.69, 9.17) is 4.74 Å². The number of imide groups is 1. The first-order chi connectivity index (χ1) is 13.4. The highest BCUT2D eigenvalue weighted by Crippen LogP contribution is 2.18. The molecule has 0 unspecified atom stereocenters. The second kappa shape index (κ2) is 10.9. The van der Waals surface area contributed by atoms with Gasteiger partial charge in [-0.2, -0.15) is 4.31 Å². The maximum absolute atomic E-state index is 12.5. The van der Waals surface area contributed by atoms with Gasteiger partial charge in [-0.15, -0.1) is 0 Å². The number of amides is 3. The average Bonchev–Trinajstić information content (AvgIpc) is 2.65. The summed E-state index contributed by atoms with van der Waals surface area (Å²) < 4.78 is 31.1. The Bertz CT molecular complexity index is 836. The van der Waals surface area contributed by atoms with Gasteiger partial charge < -0.3 is 10.1 Å². The minimum Gasteiger partial charge on any atom is -0.452 e. The number of ether oxygens (including phenoxy) is 1. The summed E-state index contributed by atoms with van der Waals surface area (Å²) >= 11 is 0. The van der Waals surface area contributed by atoms with Crippen LogP contribution in [0.3, 0.4) is 0 Å². The van der Waals surface area contributed by atoms with Crippen molar-refractivity contribution in [2.45, 2.75) is 45.1 Å². The number of hydrogen-bond acceptors (Lipinski definition) is 6. The maximum atomic E-state index is 12.5. The molecule has 1 rings (SSSR count). The van der Waals surface area contributed by atoms with Gasteiger partial charge in [-0.3, -0.25) is 10.1 Å². The Labute approximate surface area is 171 Å². The van der Waals surface area contributed by atoms with Crippen molar-refractivity contribution in [2.24, 2.45) is 5.92 Å². The van der Waals surface area contributed by atoms with Crippen LogP contribution in [0.25, 0.3) is 0 Å². The molecule has 0 spiro atoms. The lowest BCUT2D eigenvalue weighted by Gasteiger charge is -2.21. The topological polar surface area (TPSA) is 122 Å². The van der Waals surface area contributed by atoms with Gasteiger partial charge in [-0.1, -0.05) is 19.9 Å². The van der Waals surface area contributed by atoms with Crippen molar-refractivity contribution < 1.29 is 27.5 Å². The number of carbonyl (C=O) groups excluding carboxylic acids is 3. The number of esters is 1. The number of carbonyl (C=O) groups is 3. The number of nitrogens with one attached hydrogen (secondary N) is 2. The fraction of sp³-hybridized carbons (Fsp3) is 0.526. The van der Waals surface area contributed by atoms with E-state index in [0.29, 0.717) is 12.5 Å². The van der Waals surface area contributed by atoms with Crippen LogP contribution in [0.15, 0.2) is 29.2 Å². The minimum atomic E-state index is -3.76. The highest BCUT2D eigenvalue weighted by molar-refractivity contribution is 7.89. The number of rotatable bonds is 9. The fourth-order valence-electron chi connectivity index (χ4n) is 2.12. The first-order valence-electron chi connectivity index (χ1n) is 9.28. The molecule has 162 valence electrons. The standard InChI is InChI=1S/C19H29N3O6S/c1-13(2)9-10-20-19(25)21-17(23)12-28-18(24)15-7-6-8-16(11-15)29(26,27)22(5)14(3)4/h6-8,11,13-14H,9-10,12H2,1-5H3,(H2,20,21,23,25). The molecule has 3 amide bonds. The van der Waals surface area contributed by atoms with Gasteiger partial charge in [-0.25, -0.2) is 18.0 Å². The lowest BCUT2D eigenvalue weighted by molar-refractivity contribution is -0.123. The van der Waals surface area contributed by atoms with Gasteiger partial charge in [0, 0.05) is 19.6 Å². The summed E-state index contributed by atoms with van der Waals surface area (Å²) in [7, 11) is -2.32. The summed E-state index contributed by atoms with van der Waals surface area (Å²) in [5.41, 5.74) is -0.0163. The average molecular weight is 428 g/mol. The molecule has 0 saturated heterocycles. The Morgan fingerprint density at radius 1 is 1.14 bits per heavy atom. The molecular weight excluding hydrogens is 398 g/mol. The summed E-state index contributed by atoms with van der Waals surface area (Å²) in [6.45, 7) is 7.22. The number of nitrogens with zero attached hydrogens (tertiary/aromatic N) is 1. The molecule has 10 heteroatoms. The zero-order valence-corrected chi connectivity index (χ0v) is 18.2. The van der Waals surface area contributed by atoms with Crippen LogP contribution < -0.4 is 10.6 Å². The summed E-state index contributed by atoms with van der Waals surface area (Å²) in [6, 6.07) is 4.43. The predicted octanol–water partition coefficient (Wildman–Crippen LogP) is 1.74. The molecule has 0 aromatic heterocycles. The fourth-order valence-corrected chi connectivity index (χ4v) is 3.54. The quantitative estimate of drug-likeness (QED) is 0.579. The van der Waals surface area contributed by atoms with E-state index >= 15 is 0 Å². The number of hydrogen-bond donors (Lipinski definition) is 2. The zero-order valence-electron chi connectivity index (χ0n) is 17.4. The lowest BCUT2D eigenvalue weighted by atomic mass is 10.1. The Morgan fingerprint density at radius 3 is 2.38 bits per heavy atom.